The smallest absolute Gasteiger partial charge is 0.246 e. The van der Waals surface area contributed by atoms with E-state index < -0.39 is 10.0 Å². The minimum Gasteiger partial charge on any atom is -0.398 e. The Morgan fingerprint density at radius 3 is 2.45 bits per heavy atom. The molecule has 4 nitrogen and oxygen atoms in total. The van der Waals surface area contributed by atoms with E-state index in [2.05, 4.69) is 0 Å². The largest absolute Gasteiger partial charge is 0.398 e. The summed E-state index contributed by atoms with van der Waals surface area (Å²) in [5.74, 6) is 0.706. The molecule has 0 bridgehead atoms. The van der Waals surface area contributed by atoms with Crippen LogP contribution < -0.4 is 5.73 Å². The van der Waals surface area contributed by atoms with Gasteiger partial charge in [-0.05, 0) is 24.8 Å². The van der Waals surface area contributed by atoms with E-state index in [4.69, 9.17) is 28.9 Å². The maximum absolute atomic E-state index is 12.7. The summed E-state index contributed by atoms with van der Waals surface area (Å²) in [4.78, 5) is -0.0781. The molecule has 0 aliphatic heterocycles. The van der Waals surface area contributed by atoms with Crippen molar-refractivity contribution in [2.45, 2.75) is 24.3 Å². The molecule has 0 saturated carbocycles. The van der Waals surface area contributed by atoms with Crippen molar-refractivity contribution in [3.05, 3.63) is 22.2 Å². The summed E-state index contributed by atoms with van der Waals surface area (Å²) >= 11 is 13.4. The summed E-state index contributed by atoms with van der Waals surface area (Å²) in [7, 11) is -2.20. The lowest BCUT2D eigenvalue weighted by Gasteiger charge is -2.27. The molecular formula is C12H18Cl2N2O2S2. The predicted molar refractivity (Wildman–Crippen MR) is 88.3 cm³/mol. The first kappa shape index (κ1) is 17.9. The van der Waals surface area contributed by atoms with Gasteiger partial charge in [-0.3, -0.25) is 0 Å². The third-order valence-electron chi connectivity index (χ3n) is 3.02. The molecule has 114 valence electrons. The lowest BCUT2D eigenvalue weighted by Crippen LogP contribution is -2.38. The Morgan fingerprint density at radius 2 is 2.00 bits per heavy atom. The van der Waals surface area contributed by atoms with Gasteiger partial charge in [0, 0.05) is 23.9 Å². The van der Waals surface area contributed by atoms with E-state index in [1.807, 2.05) is 13.2 Å². The number of nitrogens with two attached hydrogens (primary N) is 1. The van der Waals surface area contributed by atoms with Gasteiger partial charge < -0.3 is 5.73 Å². The number of rotatable bonds is 6. The zero-order valence-corrected chi connectivity index (χ0v) is 14.7. The SMILES string of the molecule is CCC(CSC)N(C)S(=O)(=O)c1c(N)cc(Cl)cc1Cl. The number of thioether (sulfide) groups is 1. The van der Waals surface area contributed by atoms with Gasteiger partial charge >= 0.3 is 0 Å². The Bertz CT molecular complexity index is 556. The van der Waals surface area contributed by atoms with Crippen LogP contribution in [0.5, 0.6) is 0 Å². The number of halogens is 2. The normalized spacial score (nSPS) is 13.7. The van der Waals surface area contributed by atoms with Gasteiger partial charge in [0.25, 0.3) is 0 Å². The Hall–Kier alpha value is -0.140. The summed E-state index contributed by atoms with van der Waals surface area (Å²) in [6, 6.07) is 2.67. The van der Waals surface area contributed by atoms with Gasteiger partial charge in [0.05, 0.1) is 10.7 Å². The third-order valence-corrected chi connectivity index (χ3v) is 6.39. The molecule has 1 atom stereocenters. The molecule has 0 spiro atoms. The first-order chi connectivity index (χ1) is 9.25. The van der Waals surface area contributed by atoms with Crippen molar-refractivity contribution in [2.24, 2.45) is 0 Å². The van der Waals surface area contributed by atoms with Crippen LogP contribution in [0.4, 0.5) is 5.69 Å². The number of hydrogen-bond acceptors (Lipinski definition) is 4. The van der Waals surface area contributed by atoms with Crippen molar-refractivity contribution < 1.29 is 8.42 Å². The summed E-state index contributed by atoms with van der Waals surface area (Å²) in [6.07, 6.45) is 2.65. The Kier molecular flexibility index (Phi) is 6.47. The Balaban J connectivity index is 3.30. The van der Waals surface area contributed by atoms with Crippen LogP contribution in [0.15, 0.2) is 17.0 Å². The fourth-order valence-electron chi connectivity index (χ4n) is 1.86. The zero-order valence-electron chi connectivity index (χ0n) is 11.6. The standard InChI is InChI=1S/C12H18Cl2N2O2S2/c1-4-9(7-19-3)16(2)20(17,18)12-10(14)5-8(13)6-11(12)15/h5-6,9H,4,7,15H2,1-3H3. The minimum absolute atomic E-state index is 0.0425. The maximum atomic E-state index is 12.7. The predicted octanol–water partition coefficient (Wildman–Crippen LogP) is 3.34. The summed E-state index contributed by atoms with van der Waals surface area (Å²) < 4.78 is 26.7. The third kappa shape index (κ3) is 3.74. The van der Waals surface area contributed by atoms with E-state index in [1.54, 1.807) is 18.8 Å². The second-order valence-electron chi connectivity index (χ2n) is 4.34. The number of hydrogen-bond donors (Lipinski definition) is 1. The van der Waals surface area contributed by atoms with Gasteiger partial charge in [0.2, 0.25) is 10.0 Å². The second kappa shape index (κ2) is 7.22. The van der Waals surface area contributed by atoms with Crippen LogP contribution in [0.1, 0.15) is 13.3 Å². The molecule has 1 rings (SSSR count). The fraction of sp³-hybridized carbons (Fsp3) is 0.500. The van der Waals surface area contributed by atoms with Crippen molar-refractivity contribution in [1.29, 1.82) is 0 Å². The summed E-state index contributed by atoms with van der Waals surface area (Å²) in [6.45, 7) is 1.94. The van der Waals surface area contributed by atoms with E-state index in [0.717, 1.165) is 0 Å². The van der Waals surface area contributed by atoms with E-state index in [-0.39, 0.29) is 21.6 Å². The average Bonchev–Trinajstić information content (AvgIpc) is 2.33. The zero-order chi connectivity index (χ0) is 15.5. The van der Waals surface area contributed by atoms with Crippen molar-refractivity contribution in [2.75, 3.05) is 24.8 Å². The van der Waals surface area contributed by atoms with Gasteiger partial charge in [-0.25, -0.2) is 8.42 Å². The molecular weight excluding hydrogens is 339 g/mol. The van der Waals surface area contributed by atoms with Crippen LogP contribution in [0, 0.1) is 0 Å². The number of benzene rings is 1. The molecule has 0 aromatic heterocycles. The Morgan fingerprint density at radius 1 is 1.40 bits per heavy atom. The highest BCUT2D eigenvalue weighted by atomic mass is 35.5. The number of sulfonamides is 1. The number of anilines is 1. The van der Waals surface area contributed by atoms with Crippen LogP contribution in [-0.4, -0.2) is 37.8 Å². The van der Waals surface area contributed by atoms with Crippen molar-refractivity contribution in [1.82, 2.24) is 4.31 Å². The molecule has 0 heterocycles. The van der Waals surface area contributed by atoms with Crippen LogP contribution in [-0.2, 0) is 10.0 Å². The minimum atomic E-state index is -3.75. The molecule has 0 aliphatic rings. The number of nitrogen functional groups attached to an aromatic ring is 1. The van der Waals surface area contributed by atoms with E-state index >= 15 is 0 Å². The highest BCUT2D eigenvalue weighted by molar-refractivity contribution is 7.98. The second-order valence-corrected chi connectivity index (χ2v) is 8.03. The molecule has 0 fully saturated rings. The average molecular weight is 357 g/mol. The van der Waals surface area contributed by atoms with Crippen LogP contribution >= 0.6 is 35.0 Å². The van der Waals surface area contributed by atoms with Gasteiger partial charge in [-0.2, -0.15) is 16.1 Å². The number of nitrogens with zero attached hydrogens (tertiary/aromatic N) is 1. The van der Waals surface area contributed by atoms with Gasteiger partial charge in [-0.1, -0.05) is 30.1 Å². The molecule has 1 aromatic rings. The van der Waals surface area contributed by atoms with Crippen LogP contribution in [0.2, 0.25) is 10.0 Å². The molecule has 1 aromatic carbocycles. The molecule has 1 unspecified atom stereocenters. The molecule has 0 radical (unpaired) electrons. The maximum Gasteiger partial charge on any atom is 0.246 e. The van der Waals surface area contributed by atoms with Crippen molar-refractivity contribution in [3.8, 4) is 0 Å². The topological polar surface area (TPSA) is 63.4 Å². The van der Waals surface area contributed by atoms with Gasteiger partial charge in [-0.15, -0.1) is 0 Å². The van der Waals surface area contributed by atoms with Crippen LogP contribution in [0.3, 0.4) is 0 Å². The van der Waals surface area contributed by atoms with E-state index in [0.29, 0.717) is 17.2 Å². The molecule has 0 aliphatic carbocycles. The van der Waals surface area contributed by atoms with Gasteiger partial charge in [0.15, 0.2) is 0 Å². The Labute approximate surface area is 134 Å². The summed E-state index contributed by atoms with van der Waals surface area (Å²) in [5, 5.41) is 0.353. The molecule has 8 heteroatoms. The molecule has 2 N–H and O–H groups in total. The fourth-order valence-corrected chi connectivity index (χ4v) is 5.17. The first-order valence-corrected chi connectivity index (χ1v) is 9.56. The summed E-state index contributed by atoms with van der Waals surface area (Å²) in [5.41, 5.74) is 5.85. The lowest BCUT2D eigenvalue weighted by atomic mass is 10.3. The van der Waals surface area contributed by atoms with Gasteiger partial charge in [0.1, 0.15) is 4.90 Å². The van der Waals surface area contributed by atoms with Crippen molar-refractivity contribution >= 4 is 50.7 Å². The first-order valence-electron chi connectivity index (χ1n) is 5.97. The monoisotopic (exact) mass is 356 g/mol. The van der Waals surface area contributed by atoms with Crippen LogP contribution in [0.25, 0.3) is 0 Å². The quantitative estimate of drug-likeness (QED) is 0.793. The molecule has 20 heavy (non-hydrogen) atoms. The highest BCUT2D eigenvalue weighted by Crippen LogP contribution is 2.33. The van der Waals surface area contributed by atoms with E-state index in [1.165, 1.54) is 16.4 Å². The molecule has 0 amide bonds. The highest BCUT2D eigenvalue weighted by Gasteiger charge is 2.30. The van der Waals surface area contributed by atoms with Crippen molar-refractivity contribution in [3.63, 3.8) is 0 Å². The van der Waals surface area contributed by atoms with E-state index in [9.17, 15) is 8.42 Å². The molecule has 0 saturated heterocycles. The lowest BCUT2D eigenvalue weighted by molar-refractivity contribution is 0.386.